The lowest BCUT2D eigenvalue weighted by Gasteiger charge is -2.30. The highest BCUT2D eigenvalue weighted by atomic mass is 127. The van der Waals surface area contributed by atoms with Gasteiger partial charge in [0, 0.05) is 32.3 Å². The molecule has 1 atom stereocenters. The lowest BCUT2D eigenvalue weighted by molar-refractivity contribution is 0.0574. The molecule has 1 unspecified atom stereocenters. The summed E-state index contributed by atoms with van der Waals surface area (Å²) in [5, 5.41) is 6.96. The second kappa shape index (κ2) is 14.1. The minimum absolute atomic E-state index is 0. The van der Waals surface area contributed by atoms with E-state index in [-0.39, 0.29) is 30.0 Å². The molecule has 1 aliphatic carbocycles. The Kier molecular flexibility index (Phi) is 11.8. The summed E-state index contributed by atoms with van der Waals surface area (Å²) < 4.78 is 11.6. The highest BCUT2D eigenvalue weighted by molar-refractivity contribution is 14.0. The molecule has 1 saturated heterocycles. The van der Waals surface area contributed by atoms with E-state index in [1.165, 1.54) is 44.1 Å². The second-order valence-electron chi connectivity index (χ2n) is 8.01. The molecular formula is C23H39IN4O2. The van der Waals surface area contributed by atoms with Crippen LogP contribution in [0.25, 0.3) is 0 Å². The van der Waals surface area contributed by atoms with Gasteiger partial charge < -0.3 is 20.1 Å². The van der Waals surface area contributed by atoms with E-state index in [1.807, 2.05) is 13.1 Å². The predicted octanol–water partition coefficient (Wildman–Crippen LogP) is 3.96. The quantitative estimate of drug-likeness (QED) is 0.208. The van der Waals surface area contributed by atoms with Crippen molar-refractivity contribution in [2.24, 2.45) is 4.99 Å². The van der Waals surface area contributed by atoms with Gasteiger partial charge in [-0.05, 0) is 51.3 Å². The van der Waals surface area contributed by atoms with E-state index in [2.05, 4.69) is 38.7 Å². The SMILES string of the molecule is CN=C(NCCCOC1CCCC1)NCC(c1ccccc1OC)N1CCCC1.I. The minimum atomic E-state index is 0. The number of para-hydroxylation sites is 1. The van der Waals surface area contributed by atoms with E-state index < -0.39 is 0 Å². The number of likely N-dealkylation sites (tertiary alicyclic amines) is 1. The van der Waals surface area contributed by atoms with Crippen molar-refractivity contribution in [3.63, 3.8) is 0 Å². The highest BCUT2D eigenvalue weighted by Crippen LogP contribution is 2.31. The van der Waals surface area contributed by atoms with Gasteiger partial charge in [0.1, 0.15) is 5.75 Å². The Morgan fingerprint density at radius 2 is 1.87 bits per heavy atom. The molecule has 0 radical (unpaired) electrons. The number of methoxy groups -OCH3 is 1. The summed E-state index contributed by atoms with van der Waals surface area (Å²) in [5.74, 6) is 1.81. The molecule has 6 nitrogen and oxygen atoms in total. The molecule has 0 bridgehead atoms. The molecule has 0 aromatic heterocycles. The highest BCUT2D eigenvalue weighted by Gasteiger charge is 2.26. The molecule has 170 valence electrons. The summed E-state index contributed by atoms with van der Waals surface area (Å²) in [6.45, 7) is 4.77. The van der Waals surface area contributed by atoms with Gasteiger partial charge in [-0.1, -0.05) is 31.0 Å². The van der Waals surface area contributed by atoms with Crippen LogP contribution in [0.1, 0.15) is 56.6 Å². The van der Waals surface area contributed by atoms with E-state index >= 15 is 0 Å². The first-order valence-electron chi connectivity index (χ1n) is 11.2. The molecular weight excluding hydrogens is 491 g/mol. The number of hydrogen-bond acceptors (Lipinski definition) is 4. The molecule has 1 heterocycles. The number of halogens is 1. The smallest absolute Gasteiger partial charge is 0.191 e. The topological polar surface area (TPSA) is 58.1 Å². The van der Waals surface area contributed by atoms with E-state index in [4.69, 9.17) is 9.47 Å². The lowest BCUT2D eigenvalue weighted by atomic mass is 10.0. The monoisotopic (exact) mass is 530 g/mol. The Balaban J connectivity index is 0.00000320. The molecule has 1 aromatic carbocycles. The molecule has 1 aliphatic heterocycles. The minimum Gasteiger partial charge on any atom is -0.496 e. The summed E-state index contributed by atoms with van der Waals surface area (Å²) in [7, 11) is 3.58. The van der Waals surface area contributed by atoms with Gasteiger partial charge >= 0.3 is 0 Å². The molecule has 2 fully saturated rings. The van der Waals surface area contributed by atoms with E-state index in [0.717, 1.165) is 50.9 Å². The Morgan fingerprint density at radius 3 is 2.57 bits per heavy atom. The molecule has 30 heavy (non-hydrogen) atoms. The molecule has 0 amide bonds. The van der Waals surface area contributed by atoms with Gasteiger partial charge in [0.05, 0.1) is 19.3 Å². The van der Waals surface area contributed by atoms with Gasteiger partial charge in [0.2, 0.25) is 0 Å². The van der Waals surface area contributed by atoms with Crippen molar-refractivity contribution in [2.75, 3.05) is 46.9 Å². The fourth-order valence-electron chi connectivity index (χ4n) is 4.43. The third kappa shape index (κ3) is 7.57. The number of benzene rings is 1. The predicted molar refractivity (Wildman–Crippen MR) is 134 cm³/mol. The van der Waals surface area contributed by atoms with E-state index in [1.54, 1.807) is 7.11 Å². The molecule has 3 rings (SSSR count). The van der Waals surface area contributed by atoms with Crippen LogP contribution >= 0.6 is 24.0 Å². The number of rotatable bonds is 10. The summed E-state index contributed by atoms with van der Waals surface area (Å²) >= 11 is 0. The standard InChI is InChI=1S/C23H38N4O2.HI/c1-24-23(25-14-9-17-29-19-10-3-4-11-19)26-18-21(27-15-7-8-16-27)20-12-5-6-13-22(20)28-2;/h5-6,12-13,19,21H,3-4,7-11,14-18H2,1-2H3,(H2,24,25,26);1H. The van der Waals surface area contributed by atoms with Crippen LogP contribution in [-0.4, -0.2) is 63.9 Å². The fourth-order valence-corrected chi connectivity index (χ4v) is 4.43. The maximum atomic E-state index is 5.95. The number of nitrogens with zero attached hydrogens (tertiary/aromatic N) is 2. The van der Waals surface area contributed by atoms with Crippen LogP contribution in [-0.2, 0) is 4.74 Å². The molecule has 2 aliphatic rings. The van der Waals surface area contributed by atoms with Gasteiger partial charge in [-0.3, -0.25) is 9.89 Å². The van der Waals surface area contributed by atoms with Crippen LogP contribution in [0.15, 0.2) is 29.3 Å². The molecule has 2 N–H and O–H groups in total. The summed E-state index contributed by atoms with van der Waals surface area (Å²) in [4.78, 5) is 6.95. The van der Waals surface area contributed by atoms with Gasteiger partial charge in [-0.25, -0.2) is 0 Å². The van der Waals surface area contributed by atoms with Gasteiger partial charge in [0.25, 0.3) is 0 Å². The Bertz CT molecular complexity index is 631. The summed E-state index contributed by atoms with van der Waals surface area (Å²) in [6.07, 6.45) is 9.13. The van der Waals surface area contributed by atoms with Crippen LogP contribution in [0.4, 0.5) is 0 Å². The third-order valence-electron chi connectivity index (χ3n) is 6.04. The van der Waals surface area contributed by atoms with Crippen molar-refractivity contribution in [1.82, 2.24) is 15.5 Å². The summed E-state index contributed by atoms with van der Waals surface area (Å²) in [6, 6.07) is 8.64. The van der Waals surface area contributed by atoms with Gasteiger partial charge in [-0.15, -0.1) is 24.0 Å². The van der Waals surface area contributed by atoms with Gasteiger partial charge in [0.15, 0.2) is 5.96 Å². The Morgan fingerprint density at radius 1 is 1.13 bits per heavy atom. The fraction of sp³-hybridized carbons (Fsp3) is 0.696. The average molecular weight is 530 g/mol. The second-order valence-corrected chi connectivity index (χ2v) is 8.01. The Hall–Kier alpha value is -1.06. The maximum Gasteiger partial charge on any atom is 0.191 e. The number of nitrogens with one attached hydrogen (secondary N) is 2. The number of ether oxygens (including phenoxy) is 2. The number of hydrogen-bond donors (Lipinski definition) is 2. The summed E-state index contributed by atoms with van der Waals surface area (Å²) in [5.41, 5.74) is 1.24. The van der Waals surface area contributed by atoms with Crippen LogP contribution in [0.3, 0.4) is 0 Å². The van der Waals surface area contributed by atoms with Crippen molar-refractivity contribution < 1.29 is 9.47 Å². The average Bonchev–Trinajstić information content (AvgIpc) is 3.47. The molecule has 1 saturated carbocycles. The zero-order valence-electron chi connectivity index (χ0n) is 18.6. The largest absolute Gasteiger partial charge is 0.496 e. The lowest BCUT2D eigenvalue weighted by Crippen LogP contribution is -2.43. The Labute approximate surface area is 199 Å². The van der Waals surface area contributed by atoms with Crippen LogP contribution < -0.4 is 15.4 Å². The molecule has 1 aromatic rings. The first-order chi connectivity index (χ1) is 14.3. The van der Waals surface area contributed by atoms with Crippen LogP contribution in [0.5, 0.6) is 5.75 Å². The van der Waals surface area contributed by atoms with Gasteiger partial charge in [-0.2, -0.15) is 0 Å². The molecule has 0 spiro atoms. The maximum absolute atomic E-state index is 5.95. The number of aliphatic imine (C=N–C) groups is 1. The van der Waals surface area contributed by atoms with Crippen molar-refractivity contribution >= 4 is 29.9 Å². The third-order valence-corrected chi connectivity index (χ3v) is 6.04. The normalized spacial score (nSPS) is 18.8. The first kappa shape index (κ1) is 25.2. The van der Waals surface area contributed by atoms with E-state index in [0.29, 0.717) is 6.10 Å². The zero-order chi connectivity index (χ0) is 20.3. The number of guanidine groups is 1. The first-order valence-corrected chi connectivity index (χ1v) is 11.2. The van der Waals surface area contributed by atoms with Crippen molar-refractivity contribution in [2.45, 2.75) is 57.1 Å². The van der Waals surface area contributed by atoms with E-state index in [9.17, 15) is 0 Å². The van der Waals surface area contributed by atoms with Crippen LogP contribution in [0.2, 0.25) is 0 Å². The van der Waals surface area contributed by atoms with Crippen molar-refractivity contribution in [3.8, 4) is 5.75 Å². The molecule has 7 heteroatoms. The zero-order valence-corrected chi connectivity index (χ0v) is 20.9. The van der Waals surface area contributed by atoms with Crippen molar-refractivity contribution in [1.29, 1.82) is 0 Å². The van der Waals surface area contributed by atoms with Crippen molar-refractivity contribution in [3.05, 3.63) is 29.8 Å². The van der Waals surface area contributed by atoms with Crippen LogP contribution in [0, 0.1) is 0 Å².